The molecule has 4 heteroatoms. The van der Waals surface area contributed by atoms with Crippen LogP contribution in [0.2, 0.25) is 0 Å². The van der Waals surface area contributed by atoms with Crippen molar-refractivity contribution in [2.75, 3.05) is 0 Å². The maximum absolute atomic E-state index is 6.17. The number of para-hydroxylation sites is 1. The monoisotopic (exact) mass is 713 g/mol. The lowest BCUT2D eigenvalue weighted by atomic mass is 9.66. The van der Waals surface area contributed by atoms with Crippen molar-refractivity contribution in [2.24, 2.45) is 0 Å². The van der Waals surface area contributed by atoms with Crippen molar-refractivity contribution in [2.45, 2.75) is 5.41 Å². The molecule has 0 N–H and O–H groups in total. The van der Waals surface area contributed by atoms with Gasteiger partial charge in [-0.2, -0.15) is 0 Å². The van der Waals surface area contributed by atoms with E-state index >= 15 is 0 Å². The van der Waals surface area contributed by atoms with Crippen LogP contribution in [0.4, 0.5) is 0 Å². The number of rotatable bonds is 3. The molecule has 0 saturated heterocycles. The average Bonchev–Trinajstić information content (AvgIpc) is 3.76. The SMILES string of the molecule is c1ccc(-c2nc(-c3ccc4c(c3)-c3ccccc3-c3ccccc3C43c4ccccc4-c4ccccc43)nc(-c3ccc4oc5ccccc5c4c3)n2)cc1. The predicted molar refractivity (Wildman–Crippen MR) is 225 cm³/mol. The molecule has 2 aliphatic rings. The van der Waals surface area contributed by atoms with Crippen LogP contribution in [0.5, 0.6) is 0 Å². The minimum Gasteiger partial charge on any atom is -0.456 e. The zero-order valence-corrected chi connectivity index (χ0v) is 30.1. The lowest BCUT2D eigenvalue weighted by Crippen LogP contribution is -2.29. The van der Waals surface area contributed by atoms with Gasteiger partial charge in [0.15, 0.2) is 17.5 Å². The number of benzene rings is 8. The molecule has 2 aromatic heterocycles. The summed E-state index contributed by atoms with van der Waals surface area (Å²) in [5, 5.41) is 2.10. The van der Waals surface area contributed by atoms with Crippen LogP contribution in [0.25, 0.3) is 89.5 Å². The smallest absolute Gasteiger partial charge is 0.164 e. The Hall–Kier alpha value is -7.43. The fourth-order valence-corrected chi connectivity index (χ4v) is 9.41. The van der Waals surface area contributed by atoms with E-state index in [1.807, 2.05) is 48.5 Å². The highest BCUT2D eigenvalue weighted by molar-refractivity contribution is 6.06. The van der Waals surface area contributed by atoms with E-state index in [1.165, 1.54) is 50.1 Å². The van der Waals surface area contributed by atoms with Crippen LogP contribution in [0.15, 0.2) is 192 Å². The van der Waals surface area contributed by atoms with Gasteiger partial charge in [0, 0.05) is 27.5 Å². The van der Waals surface area contributed by atoms with Gasteiger partial charge in [-0.3, -0.25) is 0 Å². The highest BCUT2D eigenvalue weighted by Crippen LogP contribution is 2.61. The second-order valence-electron chi connectivity index (χ2n) is 14.7. The van der Waals surface area contributed by atoms with Gasteiger partial charge in [0.05, 0.1) is 5.41 Å². The van der Waals surface area contributed by atoms with Gasteiger partial charge in [0.2, 0.25) is 0 Å². The molecule has 4 nitrogen and oxygen atoms in total. The zero-order valence-electron chi connectivity index (χ0n) is 30.1. The van der Waals surface area contributed by atoms with E-state index in [4.69, 9.17) is 19.4 Å². The molecule has 0 aliphatic heterocycles. The molecule has 10 aromatic rings. The quantitative estimate of drug-likeness (QED) is 0.183. The van der Waals surface area contributed by atoms with Crippen molar-refractivity contribution in [1.29, 1.82) is 0 Å². The molecule has 56 heavy (non-hydrogen) atoms. The molecule has 2 heterocycles. The zero-order chi connectivity index (χ0) is 36.8. The van der Waals surface area contributed by atoms with Crippen molar-refractivity contribution < 1.29 is 4.42 Å². The van der Waals surface area contributed by atoms with Crippen LogP contribution in [-0.4, -0.2) is 15.0 Å². The third-order valence-corrected chi connectivity index (χ3v) is 11.8. The van der Waals surface area contributed by atoms with Gasteiger partial charge in [-0.25, -0.2) is 15.0 Å². The third-order valence-electron chi connectivity index (χ3n) is 11.8. The molecular formula is C52H31N3O. The van der Waals surface area contributed by atoms with E-state index in [9.17, 15) is 0 Å². The molecule has 0 fully saturated rings. The highest BCUT2D eigenvalue weighted by Gasteiger charge is 2.49. The highest BCUT2D eigenvalue weighted by atomic mass is 16.3. The summed E-state index contributed by atoms with van der Waals surface area (Å²) >= 11 is 0. The first-order valence-electron chi connectivity index (χ1n) is 19.0. The van der Waals surface area contributed by atoms with Crippen LogP contribution < -0.4 is 0 Å². The van der Waals surface area contributed by atoms with E-state index in [1.54, 1.807) is 0 Å². The van der Waals surface area contributed by atoms with Gasteiger partial charge >= 0.3 is 0 Å². The van der Waals surface area contributed by atoms with Gasteiger partial charge < -0.3 is 4.42 Å². The van der Waals surface area contributed by atoms with Crippen molar-refractivity contribution in [1.82, 2.24) is 15.0 Å². The van der Waals surface area contributed by atoms with Crippen molar-refractivity contribution in [3.05, 3.63) is 210 Å². The lowest BCUT2D eigenvalue weighted by Gasteiger charge is -2.35. The van der Waals surface area contributed by atoms with Gasteiger partial charge in [-0.1, -0.05) is 158 Å². The Morgan fingerprint density at radius 1 is 0.304 bits per heavy atom. The molecule has 1 spiro atoms. The standard InChI is InChI=1S/C52H31N3O/c1-2-14-32(15-3-1)49-53-50(55-51(54-49)34-27-29-48-42(31-34)40-21-9-13-25-47(40)56-48)33-26-28-46-41(30-33)36-17-5-4-16-35(36)37-18-6-10-22-43(37)52(46)44-23-11-7-19-38(44)39-20-8-12-24-45(39)52/h1-31H. The minimum absolute atomic E-state index is 0.543. The Morgan fingerprint density at radius 3 is 1.41 bits per heavy atom. The lowest BCUT2D eigenvalue weighted by molar-refractivity contribution is 0.669. The number of aromatic nitrogens is 3. The number of furan rings is 1. The van der Waals surface area contributed by atoms with Crippen LogP contribution in [0.1, 0.15) is 22.3 Å². The normalized spacial score (nSPS) is 13.1. The number of nitrogens with zero attached hydrogens (tertiary/aromatic N) is 3. The van der Waals surface area contributed by atoms with Crippen LogP contribution >= 0.6 is 0 Å². The summed E-state index contributed by atoms with van der Waals surface area (Å²) < 4.78 is 6.17. The maximum atomic E-state index is 6.17. The van der Waals surface area contributed by atoms with Gasteiger partial charge in [0.1, 0.15) is 11.2 Å². The second-order valence-corrected chi connectivity index (χ2v) is 14.7. The summed E-state index contributed by atoms with van der Waals surface area (Å²) in [6.45, 7) is 0. The van der Waals surface area contributed by atoms with E-state index in [-0.39, 0.29) is 0 Å². The molecule has 2 aliphatic carbocycles. The Kier molecular flexibility index (Phi) is 6.52. The minimum atomic E-state index is -0.543. The molecule has 0 atom stereocenters. The molecule has 12 rings (SSSR count). The third kappa shape index (κ3) is 4.32. The summed E-state index contributed by atoms with van der Waals surface area (Å²) in [5.41, 5.74) is 16.4. The summed E-state index contributed by atoms with van der Waals surface area (Å²) in [7, 11) is 0. The number of fused-ring (bicyclic) bond motifs is 15. The van der Waals surface area contributed by atoms with Crippen molar-refractivity contribution in [3.8, 4) is 67.5 Å². The van der Waals surface area contributed by atoms with E-state index in [2.05, 4.69) is 140 Å². The van der Waals surface area contributed by atoms with Crippen LogP contribution in [-0.2, 0) is 5.41 Å². The number of hydrogen-bond donors (Lipinski definition) is 0. The first-order chi connectivity index (χ1) is 27.8. The molecule has 0 bridgehead atoms. The molecular weight excluding hydrogens is 683 g/mol. The Morgan fingerprint density at radius 2 is 0.750 bits per heavy atom. The van der Waals surface area contributed by atoms with Gasteiger partial charge in [-0.15, -0.1) is 0 Å². The van der Waals surface area contributed by atoms with Crippen LogP contribution in [0, 0.1) is 0 Å². The fourth-order valence-electron chi connectivity index (χ4n) is 9.41. The maximum Gasteiger partial charge on any atom is 0.164 e. The predicted octanol–water partition coefficient (Wildman–Crippen LogP) is 12.8. The second kappa shape index (κ2) is 11.8. The van der Waals surface area contributed by atoms with E-state index < -0.39 is 5.41 Å². The Balaban J connectivity index is 1.13. The first kappa shape index (κ1) is 31.0. The van der Waals surface area contributed by atoms with Crippen molar-refractivity contribution >= 4 is 21.9 Å². The average molecular weight is 714 g/mol. The topological polar surface area (TPSA) is 51.8 Å². The summed E-state index contributed by atoms with van der Waals surface area (Å²) in [4.78, 5) is 15.5. The summed E-state index contributed by atoms with van der Waals surface area (Å²) in [6.07, 6.45) is 0. The van der Waals surface area contributed by atoms with E-state index in [0.29, 0.717) is 17.5 Å². The van der Waals surface area contributed by atoms with E-state index in [0.717, 1.165) is 44.2 Å². The molecule has 0 amide bonds. The van der Waals surface area contributed by atoms with Crippen LogP contribution in [0.3, 0.4) is 0 Å². The largest absolute Gasteiger partial charge is 0.456 e. The van der Waals surface area contributed by atoms with Crippen molar-refractivity contribution in [3.63, 3.8) is 0 Å². The summed E-state index contributed by atoms with van der Waals surface area (Å²) in [6, 6.07) is 67.0. The Bertz CT molecular complexity index is 3170. The van der Waals surface area contributed by atoms with Gasteiger partial charge in [0.25, 0.3) is 0 Å². The summed E-state index contributed by atoms with van der Waals surface area (Å²) in [5.74, 6) is 1.86. The number of hydrogen-bond acceptors (Lipinski definition) is 4. The fraction of sp³-hybridized carbons (Fsp3) is 0.0192. The molecule has 0 saturated carbocycles. The molecule has 0 radical (unpaired) electrons. The molecule has 8 aromatic carbocycles. The Labute approximate surface area is 323 Å². The first-order valence-corrected chi connectivity index (χ1v) is 19.0. The van der Waals surface area contributed by atoms with Gasteiger partial charge in [-0.05, 0) is 86.0 Å². The molecule has 260 valence electrons. The molecule has 0 unspecified atom stereocenters.